The Morgan fingerprint density at radius 1 is 1.14 bits per heavy atom. The maximum Gasteiger partial charge on any atom is 0.520 e. The first kappa shape index (κ1) is 19.7. The number of rotatable bonds is 5. The number of fused-ring (bicyclic) bond motifs is 1. The zero-order chi connectivity index (χ0) is 20.3. The first-order chi connectivity index (χ1) is 13.2. The van der Waals surface area contributed by atoms with Gasteiger partial charge in [0.05, 0.1) is 11.6 Å². The van der Waals surface area contributed by atoms with E-state index in [0.29, 0.717) is 28.8 Å². The summed E-state index contributed by atoms with van der Waals surface area (Å²) >= 11 is 0. The quantitative estimate of drug-likeness (QED) is 0.393. The van der Waals surface area contributed by atoms with Gasteiger partial charge < -0.3 is 30.0 Å². The molecule has 148 valence electrons. The van der Waals surface area contributed by atoms with E-state index in [-0.39, 0.29) is 17.2 Å². The van der Waals surface area contributed by atoms with Gasteiger partial charge in [-0.25, -0.2) is 4.79 Å². The van der Waals surface area contributed by atoms with Gasteiger partial charge in [-0.3, -0.25) is 0 Å². The molecule has 0 radical (unpaired) electrons. The Hall–Kier alpha value is -3.03. The van der Waals surface area contributed by atoms with Crippen molar-refractivity contribution in [2.24, 2.45) is 0 Å². The molecule has 0 spiro atoms. The highest BCUT2D eigenvalue weighted by Crippen LogP contribution is 2.33. The third-order valence-corrected chi connectivity index (χ3v) is 4.10. The van der Waals surface area contributed by atoms with E-state index in [0.717, 1.165) is 0 Å². The maximum atomic E-state index is 12.0. The number of carbonyl (C=O) groups excluding carboxylic acids is 1. The molecule has 4 N–H and O–H groups in total. The van der Waals surface area contributed by atoms with Crippen molar-refractivity contribution in [2.45, 2.75) is 32.4 Å². The molecule has 3 rings (SSSR count). The summed E-state index contributed by atoms with van der Waals surface area (Å²) in [7, 11) is 0. The number of hydrogen-bond acceptors (Lipinski definition) is 6. The number of hydrogen-bond donors (Lipinski definition) is 4. The number of aliphatic hydroxyl groups excluding tert-OH is 1. The van der Waals surface area contributed by atoms with Crippen LogP contribution in [0.25, 0.3) is 10.9 Å². The standard InChI is InChI=1S/C21H24N2O5/c1-21(2,3)22-12-17(25)14-9-10-16(24)19-15(14)11-18(23-19)28-20(26)27-13-7-5-4-6-8-13/h4-11,17,22-25H,12H2,1-3H3. The fourth-order valence-electron chi connectivity index (χ4n) is 2.76. The molecule has 0 aliphatic heterocycles. The van der Waals surface area contributed by atoms with Crippen LogP contribution in [0.1, 0.15) is 32.4 Å². The lowest BCUT2D eigenvalue weighted by Crippen LogP contribution is -2.38. The lowest BCUT2D eigenvalue weighted by atomic mass is 10.0. The summed E-state index contributed by atoms with van der Waals surface area (Å²) < 4.78 is 10.3. The van der Waals surface area contributed by atoms with E-state index in [2.05, 4.69) is 10.3 Å². The minimum atomic E-state index is -0.909. The van der Waals surface area contributed by atoms with Gasteiger partial charge >= 0.3 is 6.16 Å². The number of nitrogens with one attached hydrogen (secondary N) is 2. The van der Waals surface area contributed by atoms with Gasteiger partial charge in [0.2, 0.25) is 5.88 Å². The van der Waals surface area contributed by atoms with Crippen molar-refractivity contribution >= 4 is 17.1 Å². The predicted octanol–water partition coefficient (Wildman–Crippen LogP) is 3.87. The summed E-state index contributed by atoms with van der Waals surface area (Å²) in [5.41, 5.74) is 0.826. The third kappa shape index (κ3) is 4.82. The number of para-hydroxylation sites is 1. The van der Waals surface area contributed by atoms with E-state index >= 15 is 0 Å². The van der Waals surface area contributed by atoms with Gasteiger partial charge in [0, 0.05) is 23.5 Å². The van der Waals surface area contributed by atoms with Gasteiger partial charge in [0.25, 0.3) is 0 Å². The molecule has 1 atom stereocenters. The highest BCUT2D eigenvalue weighted by Gasteiger charge is 2.19. The van der Waals surface area contributed by atoms with Crippen LogP contribution in [-0.4, -0.2) is 33.4 Å². The molecule has 1 heterocycles. The van der Waals surface area contributed by atoms with Crippen LogP contribution in [-0.2, 0) is 0 Å². The molecule has 0 saturated carbocycles. The Morgan fingerprint density at radius 3 is 2.54 bits per heavy atom. The van der Waals surface area contributed by atoms with Crippen LogP contribution in [0.4, 0.5) is 4.79 Å². The Bertz CT molecular complexity index is 960. The normalized spacial score (nSPS) is 12.7. The smallest absolute Gasteiger partial charge is 0.506 e. The topological polar surface area (TPSA) is 104 Å². The average molecular weight is 384 g/mol. The van der Waals surface area contributed by atoms with E-state index in [1.54, 1.807) is 42.5 Å². The van der Waals surface area contributed by atoms with Crippen molar-refractivity contribution < 1.29 is 24.5 Å². The second kappa shape index (κ2) is 7.92. The number of aromatic amines is 1. The Kier molecular flexibility index (Phi) is 5.58. The van der Waals surface area contributed by atoms with Gasteiger partial charge in [-0.2, -0.15) is 0 Å². The minimum Gasteiger partial charge on any atom is -0.506 e. The van der Waals surface area contributed by atoms with Crippen LogP contribution in [0.2, 0.25) is 0 Å². The molecule has 7 heteroatoms. The summed E-state index contributed by atoms with van der Waals surface area (Å²) in [4.78, 5) is 14.8. The minimum absolute atomic E-state index is 0.0130. The SMILES string of the molecule is CC(C)(C)NCC(O)c1ccc(O)c2[nH]c(OC(=O)Oc3ccccc3)cc12. The molecule has 0 fully saturated rings. The number of phenolic OH excluding ortho intramolecular Hbond substituents is 1. The molecule has 3 aromatic rings. The second-order valence-corrected chi connectivity index (χ2v) is 7.51. The molecule has 0 amide bonds. The number of benzene rings is 2. The first-order valence-electron chi connectivity index (χ1n) is 8.95. The van der Waals surface area contributed by atoms with Gasteiger partial charge in [0.15, 0.2) is 0 Å². The number of H-pyrrole nitrogens is 1. The number of aliphatic hydroxyl groups is 1. The monoisotopic (exact) mass is 384 g/mol. The fraction of sp³-hybridized carbons (Fsp3) is 0.286. The molecule has 0 bridgehead atoms. The van der Waals surface area contributed by atoms with E-state index < -0.39 is 12.3 Å². The maximum absolute atomic E-state index is 12.0. The number of ether oxygens (including phenoxy) is 2. The first-order valence-corrected chi connectivity index (χ1v) is 8.95. The van der Waals surface area contributed by atoms with E-state index in [1.807, 2.05) is 20.8 Å². The van der Waals surface area contributed by atoms with Gasteiger partial charge in [-0.05, 0) is 44.5 Å². The molecule has 0 aliphatic carbocycles. The number of phenols is 1. The molecule has 0 aliphatic rings. The van der Waals surface area contributed by atoms with Crippen LogP contribution >= 0.6 is 0 Å². The Labute approximate surface area is 162 Å². The molecular formula is C21H24N2O5. The van der Waals surface area contributed by atoms with E-state index in [1.165, 1.54) is 6.07 Å². The Balaban J connectivity index is 1.80. The van der Waals surface area contributed by atoms with Crippen molar-refractivity contribution in [1.29, 1.82) is 0 Å². The molecular weight excluding hydrogens is 360 g/mol. The van der Waals surface area contributed by atoms with Crippen molar-refractivity contribution in [2.75, 3.05) is 6.54 Å². The van der Waals surface area contributed by atoms with Crippen molar-refractivity contribution in [1.82, 2.24) is 10.3 Å². The van der Waals surface area contributed by atoms with Gasteiger partial charge in [-0.1, -0.05) is 24.3 Å². The summed E-state index contributed by atoms with van der Waals surface area (Å²) in [6, 6.07) is 13.2. The van der Waals surface area contributed by atoms with Crippen LogP contribution in [0, 0.1) is 0 Å². The van der Waals surface area contributed by atoms with E-state index in [4.69, 9.17) is 9.47 Å². The summed E-state index contributed by atoms with van der Waals surface area (Å²) in [6.07, 6.45) is -1.71. The van der Waals surface area contributed by atoms with Crippen LogP contribution in [0.5, 0.6) is 17.4 Å². The van der Waals surface area contributed by atoms with Crippen molar-refractivity contribution in [3.05, 3.63) is 54.1 Å². The van der Waals surface area contributed by atoms with Crippen LogP contribution in [0.3, 0.4) is 0 Å². The molecule has 7 nitrogen and oxygen atoms in total. The lowest BCUT2D eigenvalue weighted by Gasteiger charge is -2.23. The van der Waals surface area contributed by atoms with Crippen LogP contribution < -0.4 is 14.8 Å². The third-order valence-electron chi connectivity index (χ3n) is 4.10. The summed E-state index contributed by atoms with van der Waals surface area (Å²) in [5.74, 6) is 0.450. The molecule has 2 aromatic carbocycles. The molecule has 0 saturated heterocycles. The zero-order valence-electron chi connectivity index (χ0n) is 16.0. The zero-order valence-corrected chi connectivity index (χ0v) is 16.0. The highest BCUT2D eigenvalue weighted by atomic mass is 16.7. The number of carbonyl (C=O) groups is 1. The van der Waals surface area contributed by atoms with E-state index in [9.17, 15) is 15.0 Å². The van der Waals surface area contributed by atoms with Gasteiger partial charge in [0.1, 0.15) is 11.5 Å². The largest absolute Gasteiger partial charge is 0.520 e. The van der Waals surface area contributed by atoms with Crippen LogP contribution in [0.15, 0.2) is 48.5 Å². The second-order valence-electron chi connectivity index (χ2n) is 7.51. The summed E-state index contributed by atoms with van der Waals surface area (Å²) in [5, 5.41) is 24.5. The predicted molar refractivity (Wildman–Crippen MR) is 106 cm³/mol. The lowest BCUT2D eigenvalue weighted by molar-refractivity contribution is 0.150. The fourth-order valence-corrected chi connectivity index (χ4v) is 2.76. The number of β-amino-alcohol motifs (C(OH)–C–C–N with tert-alkyl or cyclic N) is 1. The average Bonchev–Trinajstić information content (AvgIpc) is 3.04. The molecule has 1 unspecified atom stereocenters. The highest BCUT2D eigenvalue weighted by molar-refractivity contribution is 5.90. The van der Waals surface area contributed by atoms with Crippen molar-refractivity contribution in [3.63, 3.8) is 0 Å². The number of aromatic hydroxyl groups is 1. The molecule has 1 aromatic heterocycles. The summed E-state index contributed by atoms with van der Waals surface area (Å²) in [6.45, 7) is 6.35. The number of aromatic nitrogens is 1. The Morgan fingerprint density at radius 2 is 1.86 bits per heavy atom. The van der Waals surface area contributed by atoms with Crippen molar-refractivity contribution in [3.8, 4) is 17.4 Å². The van der Waals surface area contributed by atoms with Gasteiger partial charge in [-0.15, -0.1) is 0 Å². The molecule has 28 heavy (non-hydrogen) atoms.